The predicted octanol–water partition coefficient (Wildman–Crippen LogP) is 3.06. The number of hydrogen-bond donors (Lipinski definition) is 0. The highest BCUT2D eigenvalue weighted by Gasteiger charge is 2.10. The Balaban J connectivity index is 0.000000574. The van der Waals surface area contributed by atoms with Crippen LogP contribution in [0.5, 0.6) is 0 Å². The van der Waals surface area contributed by atoms with Gasteiger partial charge in [0.2, 0.25) is 0 Å². The maximum absolute atomic E-state index is 4.52. The van der Waals surface area contributed by atoms with Crippen LogP contribution < -0.4 is 0 Å². The van der Waals surface area contributed by atoms with Gasteiger partial charge in [-0.05, 0) is 24.3 Å². The molecule has 3 heterocycles. The summed E-state index contributed by atoms with van der Waals surface area (Å²) in [6, 6.07) is 9.63. The quantitative estimate of drug-likeness (QED) is 0.656. The Morgan fingerprint density at radius 2 is 1.72 bits per heavy atom. The number of nitrogens with zero attached hydrogens (tertiary/aromatic N) is 4. The first-order valence-electron chi connectivity index (χ1n) is 6.05. The molecule has 3 rings (SSSR count). The second-order valence-corrected chi connectivity index (χ2v) is 3.56. The fourth-order valence-corrected chi connectivity index (χ4v) is 1.75. The minimum atomic E-state index is 0.842. The fraction of sp³-hybridized carbons (Fsp3) is 0.214. The summed E-state index contributed by atoms with van der Waals surface area (Å²) in [5.74, 6) is 0.842. The molecule has 0 bridgehead atoms. The molecule has 3 aromatic rings. The van der Waals surface area contributed by atoms with Crippen molar-refractivity contribution in [3.63, 3.8) is 0 Å². The van der Waals surface area contributed by atoms with Crippen molar-refractivity contribution in [1.82, 2.24) is 19.5 Å². The smallest absolute Gasteiger partial charge is 0.160 e. The summed E-state index contributed by atoms with van der Waals surface area (Å²) in [6.07, 6.45) is 3.54. The number of pyridine rings is 2. The van der Waals surface area contributed by atoms with Crippen LogP contribution in [0, 0.1) is 0 Å². The molecule has 0 aliphatic heterocycles. The topological polar surface area (TPSA) is 43.6 Å². The normalized spacial score (nSPS) is 9.94. The van der Waals surface area contributed by atoms with Crippen molar-refractivity contribution in [2.45, 2.75) is 13.8 Å². The van der Waals surface area contributed by atoms with Crippen molar-refractivity contribution in [3.8, 4) is 11.5 Å². The Labute approximate surface area is 106 Å². The van der Waals surface area contributed by atoms with Crippen LogP contribution in [0.2, 0.25) is 0 Å². The van der Waals surface area contributed by atoms with Crippen LogP contribution in [0.4, 0.5) is 0 Å². The van der Waals surface area contributed by atoms with Gasteiger partial charge in [0.25, 0.3) is 0 Å². The van der Waals surface area contributed by atoms with E-state index in [0.717, 1.165) is 22.7 Å². The monoisotopic (exact) mass is 240 g/mol. The molecule has 0 saturated heterocycles. The second-order valence-electron chi connectivity index (χ2n) is 3.56. The molecular weight excluding hydrogens is 224 g/mol. The van der Waals surface area contributed by atoms with Crippen LogP contribution >= 0.6 is 0 Å². The number of fused-ring (bicyclic) bond motifs is 1. The molecule has 0 saturated carbocycles. The number of aryl methyl sites for hydroxylation is 1. The molecule has 0 amide bonds. The molecule has 18 heavy (non-hydrogen) atoms. The average molecular weight is 240 g/mol. The van der Waals surface area contributed by atoms with Gasteiger partial charge < -0.3 is 4.57 Å². The van der Waals surface area contributed by atoms with E-state index in [1.54, 1.807) is 12.4 Å². The standard InChI is InChI=1S/C12H10N4.C2H6/c1-16-11-10(6-4-8-14-11)15-12(16)9-5-2-3-7-13-9;1-2/h2-8H,1H3;1-2H3. The third-order valence-electron chi connectivity index (χ3n) is 2.52. The van der Waals surface area contributed by atoms with Gasteiger partial charge in [-0.1, -0.05) is 19.9 Å². The van der Waals surface area contributed by atoms with E-state index in [1.807, 2.05) is 55.8 Å². The Morgan fingerprint density at radius 3 is 2.39 bits per heavy atom. The molecule has 0 spiro atoms. The van der Waals surface area contributed by atoms with Crippen molar-refractivity contribution < 1.29 is 0 Å². The zero-order chi connectivity index (χ0) is 13.0. The lowest BCUT2D eigenvalue weighted by Crippen LogP contribution is -1.94. The van der Waals surface area contributed by atoms with Crippen LogP contribution in [-0.4, -0.2) is 19.5 Å². The maximum Gasteiger partial charge on any atom is 0.160 e. The van der Waals surface area contributed by atoms with E-state index in [-0.39, 0.29) is 0 Å². The Morgan fingerprint density at radius 1 is 0.944 bits per heavy atom. The van der Waals surface area contributed by atoms with Gasteiger partial charge in [0.15, 0.2) is 11.5 Å². The number of aromatic nitrogens is 4. The molecule has 0 radical (unpaired) electrons. The van der Waals surface area contributed by atoms with Crippen molar-refractivity contribution in [2.24, 2.45) is 7.05 Å². The second kappa shape index (κ2) is 5.40. The zero-order valence-electron chi connectivity index (χ0n) is 10.8. The summed E-state index contributed by atoms with van der Waals surface area (Å²) in [4.78, 5) is 13.1. The molecular formula is C14H16N4. The van der Waals surface area contributed by atoms with Gasteiger partial charge in [-0.15, -0.1) is 0 Å². The first-order valence-corrected chi connectivity index (χ1v) is 6.05. The highest BCUT2D eigenvalue weighted by molar-refractivity contribution is 5.75. The Hall–Kier alpha value is -2.23. The van der Waals surface area contributed by atoms with Crippen molar-refractivity contribution in [1.29, 1.82) is 0 Å². The molecule has 0 atom stereocenters. The molecule has 4 nitrogen and oxygen atoms in total. The van der Waals surface area contributed by atoms with Crippen molar-refractivity contribution in [3.05, 3.63) is 42.7 Å². The summed E-state index contributed by atoms with van der Waals surface area (Å²) >= 11 is 0. The molecule has 0 aromatic carbocycles. The molecule has 0 aliphatic carbocycles. The van der Waals surface area contributed by atoms with Crippen molar-refractivity contribution in [2.75, 3.05) is 0 Å². The summed E-state index contributed by atoms with van der Waals surface area (Å²) in [7, 11) is 1.95. The van der Waals surface area contributed by atoms with E-state index in [9.17, 15) is 0 Å². The van der Waals surface area contributed by atoms with Gasteiger partial charge in [-0.2, -0.15) is 0 Å². The summed E-state index contributed by atoms with van der Waals surface area (Å²) in [5.41, 5.74) is 2.64. The zero-order valence-corrected chi connectivity index (χ0v) is 10.8. The maximum atomic E-state index is 4.52. The number of imidazole rings is 1. The van der Waals surface area contributed by atoms with Crippen LogP contribution in [0.25, 0.3) is 22.7 Å². The van der Waals surface area contributed by atoms with E-state index in [0.29, 0.717) is 0 Å². The minimum Gasteiger partial charge on any atom is -0.311 e. The summed E-state index contributed by atoms with van der Waals surface area (Å²) in [6.45, 7) is 4.00. The van der Waals surface area contributed by atoms with Crippen molar-refractivity contribution >= 4 is 11.2 Å². The van der Waals surface area contributed by atoms with Crippen LogP contribution in [0.15, 0.2) is 42.7 Å². The van der Waals surface area contributed by atoms with Gasteiger partial charge in [0.05, 0.1) is 0 Å². The first kappa shape index (κ1) is 12.2. The lowest BCUT2D eigenvalue weighted by Gasteiger charge is -1.99. The van der Waals surface area contributed by atoms with Crippen LogP contribution in [0.1, 0.15) is 13.8 Å². The average Bonchev–Trinajstić information content (AvgIpc) is 2.80. The van der Waals surface area contributed by atoms with Gasteiger partial charge >= 0.3 is 0 Å². The van der Waals surface area contributed by atoms with E-state index in [2.05, 4.69) is 15.0 Å². The highest BCUT2D eigenvalue weighted by Crippen LogP contribution is 2.19. The molecule has 92 valence electrons. The van der Waals surface area contributed by atoms with E-state index >= 15 is 0 Å². The first-order chi connectivity index (χ1) is 8.86. The van der Waals surface area contributed by atoms with Gasteiger partial charge in [-0.3, -0.25) is 4.98 Å². The largest absolute Gasteiger partial charge is 0.311 e. The van der Waals surface area contributed by atoms with Gasteiger partial charge in [0, 0.05) is 19.4 Å². The van der Waals surface area contributed by atoms with Crippen LogP contribution in [-0.2, 0) is 7.05 Å². The molecule has 3 aromatic heterocycles. The fourth-order valence-electron chi connectivity index (χ4n) is 1.75. The van der Waals surface area contributed by atoms with E-state index < -0.39 is 0 Å². The Bertz CT molecular complexity index is 629. The van der Waals surface area contributed by atoms with E-state index in [1.165, 1.54) is 0 Å². The summed E-state index contributed by atoms with van der Waals surface area (Å²) in [5, 5.41) is 0. The minimum absolute atomic E-state index is 0.842. The van der Waals surface area contributed by atoms with Gasteiger partial charge in [0.1, 0.15) is 11.2 Å². The molecule has 0 unspecified atom stereocenters. The van der Waals surface area contributed by atoms with Crippen LogP contribution in [0.3, 0.4) is 0 Å². The number of rotatable bonds is 1. The third kappa shape index (κ3) is 2.09. The lowest BCUT2D eigenvalue weighted by molar-refractivity contribution is 0.934. The highest BCUT2D eigenvalue weighted by atomic mass is 15.1. The SMILES string of the molecule is CC.Cn1c(-c2ccccn2)nc2cccnc21. The molecule has 0 aliphatic rings. The number of hydrogen-bond acceptors (Lipinski definition) is 3. The molecule has 0 N–H and O–H groups in total. The molecule has 0 fully saturated rings. The Kier molecular flexibility index (Phi) is 3.67. The molecule has 4 heteroatoms. The third-order valence-corrected chi connectivity index (χ3v) is 2.52. The van der Waals surface area contributed by atoms with E-state index in [4.69, 9.17) is 0 Å². The lowest BCUT2D eigenvalue weighted by atomic mass is 10.3. The summed E-state index contributed by atoms with van der Waals surface area (Å²) < 4.78 is 1.96. The predicted molar refractivity (Wildman–Crippen MR) is 73.1 cm³/mol. The van der Waals surface area contributed by atoms with Gasteiger partial charge in [-0.25, -0.2) is 9.97 Å².